The molecule has 0 bridgehead atoms. The van der Waals surface area contributed by atoms with E-state index < -0.39 is 11.5 Å². The average molecular weight is 271 g/mol. The van der Waals surface area contributed by atoms with Crippen LogP contribution in [0.3, 0.4) is 0 Å². The number of rotatable bonds is 5. The number of hydrogen-bond acceptors (Lipinski definition) is 3. The second-order valence-electron chi connectivity index (χ2n) is 4.67. The number of benzene rings is 2. The van der Waals surface area contributed by atoms with Crippen LogP contribution in [0.25, 0.3) is 0 Å². The number of nitrogens with two attached hydrogens (primary N) is 1. The van der Waals surface area contributed by atoms with Crippen molar-refractivity contribution in [3.05, 3.63) is 65.7 Å². The molecule has 0 heterocycles. The second-order valence-corrected chi connectivity index (χ2v) is 4.67. The molecule has 0 saturated heterocycles. The van der Waals surface area contributed by atoms with Crippen LogP contribution in [0.5, 0.6) is 5.75 Å². The van der Waals surface area contributed by atoms with Crippen LogP contribution in [0, 0.1) is 0 Å². The van der Waals surface area contributed by atoms with Gasteiger partial charge in [0.05, 0.1) is 7.11 Å². The maximum atomic E-state index is 11.6. The Morgan fingerprint density at radius 3 is 2.25 bits per heavy atom. The van der Waals surface area contributed by atoms with Gasteiger partial charge in [0.15, 0.2) is 0 Å². The van der Waals surface area contributed by atoms with Gasteiger partial charge in [-0.25, -0.2) is 4.79 Å². The molecule has 2 aromatic carbocycles. The minimum Gasteiger partial charge on any atom is -0.497 e. The van der Waals surface area contributed by atoms with Crippen LogP contribution in [-0.4, -0.2) is 18.2 Å². The van der Waals surface area contributed by atoms with Gasteiger partial charge < -0.3 is 15.6 Å². The van der Waals surface area contributed by atoms with Gasteiger partial charge in [-0.05, 0) is 23.3 Å². The quantitative estimate of drug-likeness (QED) is 0.874. The van der Waals surface area contributed by atoms with E-state index in [4.69, 9.17) is 10.5 Å². The number of aliphatic carboxylic acids is 1. The zero-order valence-corrected chi connectivity index (χ0v) is 11.2. The average Bonchev–Trinajstić information content (AvgIpc) is 2.48. The number of carboxylic acid groups (broad SMARTS) is 1. The molecule has 1 unspecified atom stereocenters. The molecule has 1 atom stereocenters. The molecule has 0 fully saturated rings. The minimum atomic E-state index is -1.43. The first-order valence-electron chi connectivity index (χ1n) is 6.27. The number of ether oxygens (including phenoxy) is 1. The Bertz CT molecular complexity index is 580. The molecule has 0 spiro atoms. The maximum Gasteiger partial charge on any atom is 0.328 e. The summed E-state index contributed by atoms with van der Waals surface area (Å²) in [5.41, 5.74) is 6.13. The van der Waals surface area contributed by atoms with Crippen LogP contribution in [0.2, 0.25) is 0 Å². The Morgan fingerprint density at radius 1 is 1.15 bits per heavy atom. The lowest BCUT2D eigenvalue weighted by Crippen LogP contribution is -2.46. The van der Waals surface area contributed by atoms with Gasteiger partial charge in [0, 0.05) is 6.42 Å². The first-order valence-corrected chi connectivity index (χ1v) is 6.27. The molecular weight excluding hydrogens is 254 g/mol. The lowest BCUT2D eigenvalue weighted by Gasteiger charge is -2.25. The first kappa shape index (κ1) is 14.1. The highest BCUT2D eigenvalue weighted by Crippen LogP contribution is 2.24. The third kappa shape index (κ3) is 2.81. The predicted molar refractivity (Wildman–Crippen MR) is 76.6 cm³/mol. The van der Waals surface area contributed by atoms with Gasteiger partial charge in [-0.15, -0.1) is 0 Å². The summed E-state index contributed by atoms with van der Waals surface area (Å²) >= 11 is 0. The van der Waals surface area contributed by atoms with Gasteiger partial charge in [-0.2, -0.15) is 0 Å². The molecule has 2 rings (SSSR count). The van der Waals surface area contributed by atoms with E-state index >= 15 is 0 Å². The van der Waals surface area contributed by atoms with Crippen molar-refractivity contribution in [1.29, 1.82) is 0 Å². The lowest BCUT2D eigenvalue weighted by molar-refractivity contribution is -0.143. The van der Waals surface area contributed by atoms with Crippen LogP contribution in [-0.2, 0) is 16.8 Å². The SMILES string of the molecule is COc1ccc(CC(N)(C(=O)O)c2ccccc2)cc1. The van der Waals surface area contributed by atoms with Gasteiger partial charge >= 0.3 is 5.97 Å². The Balaban J connectivity index is 2.32. The normalized spacial score (nSPS) is 13.5. The van der Waals surface area contributed by atoms with Gasteiger partial charge in [0.2, 0.25) is 0 Å². The van der Waals surface area contributed by atoms with E-state index in [2.05, 4.69) is 0 Å². The summed E-state index contributed by atoms with van der Waals surface area (Å²) in [5, 5.41) is 9.50. The van der Waals surface area contributed by atoms with E-state index in [-0.39, 0.29) is 6.42 Å². The number of carboxylic acids is 1. The van der Waals surface area contributed by atoms with Crippen molar-refractivity contribution in [2.45, 2.75) is 12.0 Å². The molecule has 4 heteroatoms. The van der Waals surface area contributed by atoms with E-state index in [9.17, 15) is 9.90 Å². The third-order valence-electron chi connectivity index (χ3n) is 3.31. The zero-order valence-electron chi connectivity index (χ0n) is 11.2. The van der Waals surface area contributed by atoms with Gasteiger partial charge in [-0.1, -0.05) is 42.5 Å². The molecule has 104 valence electrons. The molecule has 4 nitrogen and oxygen atoms in total. The van der Waals surface area contributed by atoms with Gasteiger partial charge in [0.1, 0.15) is 11.3 Å². The Labute approximate surface area is 117 Å². The van der Waals surface area contributed by atoms with Gasteiger partial charge in [0.25, 0.3) is 0 Å². The van der Waals surface area contributed by atoms with Crippen LogP contribution in [0.15, 0.2) is 54.6 Å². The standard InChI is InChI=1S/C16H17NO3/c1-20-14-9-7-12(8-10-14)11-16(17,15(18)19)13-5-3-2-4-6-13/h2-10H,11,17H2,1H3,(H,18,19). The summed E-state index contributed by atoms with van der Waals surface area (Å²) in [6.45, 7) is 0. The van der Waals surface area contributed by atoms with Crippen molar-refractivity contribution < 1.29 is 14.6 Å². The molecular formula is C16H17NO3. The molecule has 0 aliphatic rings. The highest BCUT2D eigenvalue weighted by Gasteiger charge is 2.36. The number of hydrogen-bond donors (Lipinski definition) is 2. The van der Waals surface area contributed by atoms with Gasteiger partial charge in [-0.3, -0.25) is 0 Å². The van der Waals surface area contributed by atoms with E-state index in [1.54, 1.807) is 43.5 Å². The maximum absolute atomic E-state index is 11.6. The van der Waals surface area contributed by atoms with Crippen molar-refractivity contribution in [1.82, 2.24) is 0 Å². The summed E-state index contributed by atoms with van der Waals surface area (Å²) in [4.78, 5) is 11.6. The zero-order chi connectivity index (χ0) is 14.6. The fourth-order valence-corrected chi connectivity index (χ4v) is 2.10. The van der Waals surface area contributed by atoms with Crippen molar-refractivity contribution in [2.75, 3.05) is 7.11 Å². The second kappa shape index (κ2) is 5.75. The Kier molecular flexibility index (Phi) is 4.05. The minimum absolute atomic E-state index is 0.219. The van der Waals surface area contributed by atoms with Crippen LogP contribution < -0.4 is 10.5 Å². The van der Waals surface area contributed by atoms with E-state index in [0.717, 1.165) is 11.3 Å². The molecule has 0 aliphatic heterocycles. The molecule has 0 aliphatic carbocycles. The molecule has 0 radical (unpaired) electrons. The molecule has 0 amide bonds. The van der Waals surface area contributed by atoms with Crippen LogP contribution in [0.4, 0.5) is 0 Å². The fraction of sp³-hybridized carbons (Fsp3) is 0.188. The highest BCUT2D eigenvalue weighted by atomic mass is 16.5. The monoisotopic (exact) mass is 271 g/mol. The molecule has 20 heavy (non-hydrogen) atoms. The van der Waals surface area contributed by atoms with E-state index in [0.29, 0.717) is 5.56 Å². The first-order chi connectivity index (χ1) is 9.56. The Morgan fingerprint density at radius 2 is 1.75 bits per heavy atom. The van der Waals surface area contributed by atoms with Crippen molar-refractivity contribution in [3.63, 3.8) is 0 Å². The van der Waals surface area contributed by atoms with Crippen molar-refractivity contribution in [3.8, 4) is 5.75 Å². The number of carbonyl (C=O) groups is 1. The fourth-order valence-electron chi connectivity index (χ4n) is 2.10. The number of methoxy groups -OCH3 is 1. The highest BCUT2D eigenvalue weighted by molar-refractivity contribution is 5.81. The molecule has 0 saturated carbocycles. The summed E-state index contributed by atoms with van der Waals surface area (Å²) in [7, 11) is 1.59. The summed E-state index contributed by atoms with van der Waals surface area (Å²) in [6.07, 6.45) is 0.219. The van der Waals surface area contributed by atoms with Crippen molar-refractivity contribution >= 4 is 5.97 Å². The third-order valence-corrected chi connectivity index (χ3v) is 3.31. The lowest BCUT2D eigenvalue weighted by atomic mass is 9.85. The van der Waals surface area contributed by atoms with Crippen LogP contribution in [0.1, 0.15) is 11.1 Å². The largest absolute Gasteiger partial charge is 0.497 e. The Hall–Kier alpha value is -2.33. The molecule has 2 aromatic rings. The van der Waals surface area contributed by atoms with Crippen molar-refractivity contribution in [2.24, 2.45) is 5.73 Å². The predicted octanol–water partition coefficient (Wildman–Crippen LogP) is 2.18. The molecule has 3 N–H and O–H groups in total. The molecule has 0 aromatic heterocycles. The summed E-state index contributed by atoms with van der Waals surface area (Å²) in [6, 6.07) is 16.1. The van der Waals surface area contributed by atoms with E-state index in [1.165, 1.54) is 0 Å². The summed E-state index contributed by atoms with van der Waals surface area (Å²) < 4.78 is 5.08. The topological polar surface area (TPSA) is 72.5 Å². The summed E-state index contributed by atoms with van der Waals surface area (Å²) in [5.74, 6) is -0.314. The van der Waals surface area contributed by atoms with E-state index in [1.807, 2.05) is 18.2 Å². The van der Waals surface area contributed by atoms with Crippen LogP contribution >= 0.6 is 0 Å². The smallest absolute Gasteiger partial charge is 0.328 e.